The number of nitrogens with one attached hydrogen (secondary N) is 1. The Balaban J connectivity index is 1.93. The first-order valence-corrected chi connectivity index (χ1v) is 12.9. The van der Waals surface area contributed by atoms with Gasteiger partial charge in [-0.2, -0.15) is 0 Å². The minimum atomic E-state index is -4.93. The van der Waals surface area contributed by atoms with Crippen LogP contribution in [-0.4, -0.2) is 38.7 Å². The van der Waals surface area contributed by atoms with Crippen LogP contribution in [0.25, 0.3) is 11.1 Å². The van der Waals surface area contributed by atoms with Gasteiger partial charge in [0.1, 0.15) is 5.75 Å². The highest BCUT2D eigenvalue weighted by Gasteiger charge is 2.35. The summed E-state index contributed by atoms with van der Waals surface area (Å²) in [6, 6.07) is 13.4. The summed E-state index contributed by atoms with van der Waals surface area (Å²) >= 11 is 12.7. The van der Waals surface area contributed by atoms with Gasteiger partial charge in [0.25, 0.3) is 0 Å². The van der Waals surface area contributed by atoms with Crippen LogP contribution >= 0.6 is 23.2 Å². The molecule has 2 N–H and O–H groups in total. The standard InChI is InChI=1S/C24H20Cl2F3NO5S/c1-23(13-31,14-7-9-16(10-8-14)36(2,33)34)22(32)30-15-11-18(25)21(19(26)12-15)17-5-3-4-6-20(17)35-24(27,28)29/h3-12,31H,13H2,1-2H3,(H,30,32). The van der Waals surface area contributed by atoms with Gasteiger partial charge in [-0.15, -0.1) is 13.2 Å². The molecule has 36 heavy (non-hydrogen) atoms. The second-order valence-corrected chi connectivity index (χ2v) is 10.9. The Bertz CT molecular complexity index is 1370. The highest BCUT2D eigenvalue weighted by molar-refractivity contribution is 7.90. The lowest BCUT2D eigenvalue weighted by molar-refractivity contribution is -0.274. The van der Waals surface area contributed by atoms with Crippen molar-refractivity contribution in [1.82, 2.24) is 0 Å². The highest BCUT2D eigenvalue weighted by Crippen LogP contribution is 2.43. The van der Waals surface area contributed by atoms with Crippen molar-refractivity contribution in [2.75, 3.05) is 18.2 Å². The number of rotatable bonds is 7. The van der Waals surface area contributed by atoms with Crippen LogP contribution in [0.3, 0.4) is 0 Å². The molecule has 12 heteroatoms. The van der Waals surface area contributed by atoms with Crippen LogP contribution in [-0.2, 0) is 20.0 Å². The van der Waals surface area contributed by atoms with Crippen molar-refractivity contribution >= 4 is 44.6 Å². The van der Waals surface area contributed by atoms with Gasteiger partial charge in [-0.1, -0.05) is 53.5 Å². The second kappa shape index (κ2) is 10.3. The lowest BCUT2D eigenvalue weighted by Crippen LogP contribution is -2.41. The molecule has 0 bridgehead atoms. The van der Waals surface area contributed by atoms with Crippen LogP contribution in [0, 0.1) is 0 Å². The Morgan fingerprint density at radius 2 is 1.58 bits per heavy atom. The summed E-state index contributed by atoms with van der Waals surface area (Å²) in [4.78, 5) is 13.2. The van der Waals surface area contributed by atoms with Crippen molar-refractivity contribution in [2.24, 2.45) is 0 Å². The van der Waals surface area contributed by atoms with Gasteiger partial charge in [0.05, 0.1) is 27.0 Å². The van der Waals surface area contributed by atoms with Crippen molar-refractivity contribution in [1.29, 1.82) is 0 Å². The van der Waals surface area contributed by atoms with Crippen LogP contribution < -0.4 is 10.1 Å². The van der Waals surface area contributed by atoms with Crippen molar-refractivity contribution in [3.63, 3.8) is 0 Å². The number of hydrogen-bond donors (Lipinski definition) is 2. The number of aliphatic hydroxyl groups is 1. The van der Waals surface area contributed by atoms with Gasteiger partial charge < -0.3 is 15.2 Å². The molecule has 192 valence electrons. The van der Waals surface area contributed by atoms with E-state index in [4.69, 9.17) is 23.2 Å². The fourth-order valence-electron chi connectivity index (χ4n) is 3.42. The average molecular weight is 562 g/mol. The predicted molar refractivity (Wildman–Crippen MR) is 131 cm³/mol. The third kappa shape index (κ3) is 6.12. The van der Waals surface area contributed by atoms with Crippen molar-refractivity contribution in [3.8, 4) is 16.9 Å². The zero-order valence-electron chi connectivity index (χ0n) is 18.9. The van der Waals surface area contributed by atoms with E-state index in [1.54, 1.807) is 0 Å². The van der Waals surface area contributed by atoms with E-state index >= 15 is 0 Å². The predicted octanol–water partition coefficient (Wildman–Crippen LogP) is 5.85. The summed E-state index contributed by atoms with van der Waals surface area (Å²) in [6.07, 6.45) is -3.89. The molecular formula is C24H20Cl2F3NO5S. The minimum Gasteiger partial charge on any atom is -0.405 e. The molecule has 0 saturated heterocycles. The van der Waals surface area contributed by atoms with Crippen LogP contribution in [0.2, 0.25) is 10.0 Å². The summed E-state index contributed by atoms with van der Waals surface area (Å²) in [5, 5.41) is 12.5. The molecule has 1 amide bonds. The smallest absolute Gasteiger partial charge is 0.405 e. The molecule has 0 saturated carbocycles. The first kappa shape index (κ1) is 27.8. The molecule has 1 unspecified atom stereocenters. The number of ether oxygens (including phenoxy) is 1. The lowest BCUT2D eigenvalue weighted by atomic mass is 9.82. The number of benzene rings is 3. The summed E-state index contributed by atoms with van der Waals surface area (Å²) in [7, 11) is -3.45. The maximum absolute atomic E-state index is 13.1. The van der Waals surface area contributed by atoms with Gasteiger partial charge in [-0.05, 0) is 42.8 Å². The number of carbonyl (C=O) groups is 1. The zero-order chi connectivity index (χ0) is 26.9. The Hall–Kier alpha value is -2.79. The van der Waals surface area contributed by atoms with Gasteiger partial charge in [-0.25, -0.2) is 8.42 Å². The number of sulfone groups is 1. The number of alkyl halides is 3. The molecule has 0 spiro atoms. The van der Waals surface area contributed by atoms with E-state index in [1.165, 1.54) is 61.5 Å². The fourth-order valence-corrected chi connectivity index (χ4v) is 4.74. The van der Waals surface area contributed by atoms with E-state index in [1.807, 2.05) is 0 Å². The molecule has 0 aliphatic heterocycles. The van der Waals surface area contributed by atoms with E-state index < -0.39 is 39.9 Å². The molecule has 3 aromatic rings. The third-order valence-corrected chi connectivity index (χ3v) is 7.14. The Morgan fingerprint density at radius 1 is 1.03 bits per heavy atom. The van der Waals surface area contributed by atoms with Gasteiger partial charge in [0.15, 0.2) is 9.84 Å². The van der Waals surface area contributed by atoms with E-state index in [0.29, 0.717) is 5.56 Å². The van der Waals surface area contributed by atoms with Gasteiger partial charge in [0.2, 0.25) is 5.91 Å². The van der Waals surface area contributed by atoms with Crippen LogP contribution in [0.5, 0.6) is 5.75 Å². The maximum atomic E-state index is 13.1. The molecule has 0 heterocycles. The molecule has 0 aromatic heterocycles. The van der Waals surface area contributed by atoms with E-state index in [-0.39, 0.29) is 31.8 Å². The number of hydrogen-bond acceptors (Lipinski definition) is 5. The van der Waals surface area contributed by atoms with E-state index in [9.17, 15) is 31.5 Å². The topological polar surface area (TPSA) is 92.7 Å². The third-order valence-electron chi connectivity index (χ3n) is 5.42. The summed E-state index contributed by atoms with van der Waals surface area (Å²) in [6.45, 7) is 0.846. The van der Waals surface area contributed by atoms with E-state index in [0.717, 1.165) is 12.3 Å². The first-order chi connectivity index (χ1) is 16.7. The molecule has 0 aliphatic carbocycles. The molecule has 0 fully saturated rings. The van der Waals surface area contributed by atoms with Crippen LogP contribution in [0.15, 0.2) is 65.6 Å². The molecule has 0 radical (unpaired) electrons. The maximum Gasteiger partial charge on any atom is 0.573 e. The Morgan fingerprint density at radius 3 is 2.08 bits per heavy atom. The highest BCUT2D eigenvalue weighted by atomic mass is 35.5. The number of aliphatic hydroxyl groups excluding tert-OH is 1. The van der Waals surface area contributed by atoms with Gasteiger partial charge in [-0.3, -0.25) is 4.79 Å². The van der Waals surface area contributed by atoms with Crippen LogP contribution in [0.4, 0.5) is 18.9 Å². The van der Waals surface area contributed by atoms with Crippen molar-refractivity contribution in [3.05, 3.63) is 76.3 Å². The van der Waals surface area contributed by atoms with Crippen molar-refractivity contribution in [2.45, 2.75) is 23.6 Å². The molecule has 0 aliphatic rings. The quantitative estimate of drug-likeness (QED) is 0.377. The molecule has 3 rings (SSSR count). The van der Waals surface area contributed by atoms with E-state index in [2.05, 4.69) is 10.1 Å². The van der Waals surface area contributed by atoms with Crippen LogP contribution in [0.1, 0.15) is 12.5 Å². The summed E-state index contributed by atoms with van der Waals surface area (Å²) in [5.74, 6) is -1.16. The number of amides is 1. The average Bonchev–Trinajstić information content (AvgIpc) is 2.77. The number of anilines is 1. The Kier molecular flexibility index (Phi) is 7.95. The minimum absolute atomic E-state index is 0.00568. The Labute approximate surface area is 215 Å². The zero-order valence-corrected chi connectivity index (χ0v) is 21.2. The number of carbonyl (C=O) groups excluding carboxylic acids is 1. The lowest BCUT2D eigenvalue weighted by Gasteiger charge is -2.27. The molecular weight excluding hydrogens is 542 g/mol. The number of halogens is 5. The monoisotopic (exact) mass is 561 g/mol. The largest absolute Gasteiger partial charge is 0.573 e. The summed E-state index contributed by atoms with van der Waals surface area (Å²) < 4.78 is 66.0. The van der Waals surface area contributed by atoms with Gasteiger partial charge >= 0.3 is 6.36 Å². The second-order valence-electron chi connectivity index (χ2n) is 8.10. The fraction of sp³-hybridized carbons (Fsp3) is 0.208. The molecule has 1 atom stereocenters. The SMILES string of the molecule is CC(CO)(C(=O)Nc1cc(Cl)c(-c2ccccc2OC(F)(F)F)c(Cl)c1)c1ccc(S(C)(=O)=O)cc1. The molecule has 6 nitrogen and oxygen atoms in total. The first-order valence-electron chi connectivity index (χ1n) is 10.2. The normalized spacial score (nSPS) is 13.7. The van der Waals surface area contributed by atoms with Gasteiger partial charge in [0, 0.05) is 23.1 Å². The number of para-hydroxylation sites is 1. The molecule has 3 aromatic carbocycles. The van der Waals surface area contributed by atoms with Crippen molar-refractivity contribution < 1.29 is 36.2 Å². The summed E-state index contributed by atoms with van der Waals surface area (Å²) in [5.41, 5.74) is -0.936.